The highest BCUT2D eigenvalue weighted by molar-refractivity contribution is 8.00. The van der Waals surface area contributed by atoms with E-state index in [4.69, 9.17) is 23.2 Å². The zero-order chi connectivity index (χ0) is 17.8. The number of amides is 1. The molecule has 128 valence electrons. The lowest BCUT2D eigenvalue weighted by Crippen LogP contribution is -2.16. The zero-order valence-electron chi connectivity index (χ0n) is 12.6. The van der Waals surface area contributed by atoms with Gasteiger partial charge in [-0.25, -0.2) is 14.1 Å². The molecule has 0 fully saturated rings. The summed E-state index contributed by atoms with van der Waals surface area (Å²) in [6, 6.07) is 9.38. The van der Waals surface area contributed by atoms with Crippen molar-refractivity contribution in [2.45, 2.75) is 4.90 Å². The first-order valence-electron chi connectivity index (χ1n) is 7.05. The summed E-state index contributed by atoms with van der Waals surface area (Å²) in [5.41, 5.74) is 1.16. The monoisotopic (exact) mass is 396 g/mol. The summed E-state index contributed by atoms with van der Waals surface area (Å²) in [5.74, 6) is -0.605. The average molecular weight is 397 g/mol. The van der Waals surface area contributed by atoms with E-state index in [2.05, 4.69) is 15.4 Å². The van der Waals surface area contributed by atoms with Gasteiger partial charge in [0.2, 0.25) is 5.91 Å². The standard InChI is InChI=1S/C16H11Cl2FN4OS/c17-10-1-4-15(23-9-20-8-21-23)14(5-10)22-16(24)7-25-11-2-3-13(19)12(18)6-11/h1-6,8-9H,7H2,(H,22,24). The van der Waals surface area contributed by atoms with Gasteiger partial charge >= 0.3 is 0 Å². The maximum absolute atomic E-state index is 13.2. The number of benzene rings is 2. The molecule has 0 aliphatic heterocycles. The first-order chi connectivity index (χ1) is 12.0. The van der Waals surface area contributed by atoms with Gasteiger partial charge in [-0.1, -0.05) is 23.2 Å². The molecule has 25 heavy (non-hydrogen) atoms. The van der Waals surface area contributed by atoms with Crippen molar-refractivity contribution in [1.29, 1.82) is 0 Å². The fourth-order valence-corrected chi connectivity index (χ4v) is 3.20. The van der Waals surface area contributed by atoms with E-state index >= 15 is 0 Å². The molecule has 0 aliphatic rings. The number of hydrogen-bond acceptors (Lipinski definition) is 4. The van der Waals surface area contributed by atoms with E-state index in [1.807, 2.05) is 0 Å². The molecule has 1 N–H and O–H groups in total. The molecular formula is C16H11Cl2FN4OS. The van der Waals surface area contributed by atoms with Crippen molar-refractivity contribution in [2.75, 3.05) is 11.1 Å². The summed E-state index contributed by atoms with van der Waals surface area (Å²) >= 11 is 13.0. The van der Waals surface area contributed by atoms with Crippen LogP contribution >= 0.6 is 35.0 Å². The Morgan fingerprint density at radius 1 is 1.24 bits per heavy atom. The molecule has 3 aromatic rings. The van der Waals surface area contributed by atoms with Crippen LogP contribution in [-0.4, -0.2) is 26.4 Å². The summed E-state index contributed by atoms with van der Waals surface area (Å²) in [4.78, 5) is 16.8. The summed E-state index contributed by atoms with van der Waals surface area (Å²) in [5, 5.41) is 7.35. The van der Waals surface area contributed by atoms with Gasteiger partial charge < -0.3 is 5.32 Å². The van der Waals surface area contributed by atoms with E-state index in [0.29, 0.717) is 21.3 Å². The van der Waals surface area contributed by atoms with Crippen molar-refractivity contribution in [3.05, 3.63) is 64.9 Å². The van der Waals surface area contributed by atoms with Crippen molar-refractivity contribution in [1.82, 2.24) is 14.8 Å². The number of nitrogens with zero attached hydrogens (tertiary/aromatic N) is 3. The minimum absolute atomic E-state index is 0.0220. The molecule has 0 spiro atoms. The highest BCUT2D eigenvalue weighted by Gasteiger charge is 2.11. The van der Waals surface area contributed by atoms with Crippen LogP contribution in [0, 0.1) is 5.82 Å². The Hall–Kier alpha value is -2.09. The number of halogens is 3. The molecular weight excluding hydrogens is 386 g/mol. The van der Waals surface area contributed by atoms with E-state index in [9.17, 15) is 9.18 Å². The Labute approximate surface area is 157 Å². The Bertz CT molecular complexity index is 905. The number of hydrogen-bond donors (Lipinski definition) is 1. The molecule has 0 radical (unpaired) electrons. The predicted octanol–water partition coefficient (Wildman–Crippen LogP) is 4.44. The van der Waals surface area contributed by atoms with Crippen molar-refractivity contribution in [3.63, 3.8) is 0 Å². The average Bonchev–Trinajstić information content (AvgIpc) is 3.10. The van der Waals surface area contributed by atoms with Gasteiger partial charge in [0.1, 0.15) is 18.5 Å². The molecule has 3 rings (SSSR count). The molecule has 0 unspecified atom stereocenters. The minimum atomic E-state index is -0.494. The van der Waals surface area contributed by atoms with Crippen LogP contribution in [0.1, 0.15) is 0 Å². The summed E-state index contributed by atoms with van der Waals surface area (Å²) in [6.45, 7) is 0. The van der Waals surface area contributed by atoms with Crippen LogP contribution < -0.4 is 5.32 Å². The highest BCUT2D eigenvalue weighted by atomic mass is 35.5. The third-order valence-electron chi connectivity index (χ3n) is 3.16. The van der Waals surface area contributed by atoms with Gasteiger partial charge in [-0.05, 0) is 36.4 Å². The molecule has 1 amide bonds. The maximum atomic E-state index is 13.2. The van der Waals surface area contributed by atoms with Crippen LogP contribution in [0.4, 0.5) is 10.1 Å². The van der Waals surface area contributed by atoms with E-state index in [1.54, 1.807) is 24.3 Å². The second kappa shape index (κ2) is 7.86. The largest absolute Gasteiger partial charge is 0.323 e. The summed E-state index contributed by atoms with van der Waals surface area (Å²) in [6.07, 6.45) is 2.92. The lowest BCUT2D eigenvalue weighted by atomic mass is 10.2. The van der Waals surface area contributed by atoms with Crippen molar-refractivity contribution < 1.29 is 9.18 Å². The van der Waals surface area contributed by atoms with Gasteiger partial charge in [0, 0.05) is 9.92 Å². The Morgan fingerprint density at radius 2 is 2.08 bits per heavy atom. The van der Waals surface area contributed by atoms with Crippen LogP contribution in [0.15, 0.2) is 53.9 Å². The van der Waals surface area contributed by atoms with Crippen LogP contribution in [0.3, 0.4) is 0 Å². The number of anilines is 1. The van der Waals surface area contributed by atoms with E-state index in [1.165, 1.54) is 41.2 Å². The first kappa shape index (κ1) is 17.7. The minimum Gasteiger partial charge on any atom is -0.323 e. The number of rotatable bonds is 5. The Morgan fingerprint density at radius 3 is 2.80 bits per heavy atom. The zero-order valence-corrected chi connectivity index (χ0v) is 14.9. The number of thioether (sulfide) groups is 1. The molecule has 1 heterocycles. The fraction of sp³-hybridized carbons (Fsp3) is 0.0625. The summed E-state index contributed by atoms with van der Waals surface area (Å²) < 4.78 is 14.7. The van der Waals surface area contributed by atoms with Gasteiger partial charge in [-0.2, -0.15) is 5.10 Å². The summed E-state index contributed by atoms with van der Waals surface area (Å²) in [7, 11) is 0. The Balaban J connectivity index is 1.70. The molecule has 5 nitrogen and oxygen atoms in total. The van der Waals surface area contributed by atoms with Gasteiger partial charge in [-0.3, -0.25) is 4.79 Å². The molecule has 0 atom stereocenters. The highest BCUT2D eigenvalue weighted by Crippen LogP contribution is 2.26. The van der Waals surface area contributed by atoms with Gasteiger partial charge in [-0.15, -0.1) is 11.8 Å². The predicted molar refractivity (Wildman–Crippen MR) is 97.1 cm³/mol. The molecule has 0 saturated carbocycles. The van der Waals surface area contributed by atoms with Crippen molar-refractivity contribution >= 4 is 46.6 Å². The quantitative estimate of drug-likeness (QED) is 0.647. The molecule has 0 saturated heterocycles. The van der Waals surface area contributed by atoms with Crippen molar-refractivity contribution in [2.24, 2.45) is 0 Å². The lowest BCUT2D eigenvalue weighted by molar-refractivity contribution is -0.113. The third kappa shape index (κ3) is 4.50. The van der Waals surface area contributed by atoms with Gasteiger partial charge in [0.25, 0.3) is 0 Å². The van der Waals surface area contributed by atoms with Crippen LogP contribution in [0.2, 0.25) is 10.0 Å². The third-order valence-corrected chi connectivity index (χ3v) is 4.68. The van der Waals surface area contributed by atoms with Crippen LogP contribution in [0.5, 0.6) is 0 Å². The van der Waals surface area contributed by atoms with Gasteiger partial charge in [0.05, 0.1) is 22.2 Å². The second-order valence-electron chi connectivity index (χ2n) is 4.91. The number of nitrogens with one attached hydrogen (secondary N) is 1. The Kier molecular flexibility index (Phi) is 5.57. The smallest absolute Gasteiger partial charge is 0.234 e. The molecule has 2 aromatic carbocycles. The lowest BCUT2D eigenvalue weighted by Gasteiger charge is -2.11. The number of aromatic nitrogens is 3. The molecule has 1 aromatic heterocycles. The van der Waals surface area contributed by atoms with Crippen LogP contribution in [0.25, 0.3) is 5.69 Å². The maximum Gasteiger partial charge on any atom is 0.234 e. The second-order valence-corrected chi connectivity index (χ2v) is 6.81. The fourth-order valence-electron chi connectivity index (χ4n) is 2.04. The number of carbonyl (C=O) groups is 1. The number of carbonyl (C=O) groups excluding carboxylic acids is 1. The normalized spacial score (nSPS) is 10.7. The van der Waals surface area contributed by atoms with E-state index < -0.39 is 5.82 Å². The van der Waals surface area contributed by atoms with Crippen molar-refractivity contribution in [3.8, 4) is 5.69 Å². The molecule has 0 aliphatic carbocycles. The molecule has 0 bridgehead atoms. The van der Waals surface area contributed by atoms with E-state index in [-0.39, 0.29) is 16.7 Å². The van der Waals surface area contributed by atoms with E-state index in [0.717, 1.165) is 0 Å². The SMILES string of the molecule is O=C(CSc1ccc(F)c(Cl)c1)Nc1cc(Cl)ccc1-n1cncn1. The molecule has 9 heteroatoms. The van der Waals surface area contributed by atoms with Crippen LogP contribution in [-0.2, 0) is 4.79 Å². The topological polar surface area (TPSA) is 59.8 Å². The van der Waals surface area contributed by atoms with Gasteiger partial charge in [0.15, 0.2) is 0 Å². The first-order valence-corrected chi connectivity index (χ1v) is 8.79.